The largest absolute Gasteiger partial charge is 0.389 e. The van der Waals surface area contributed by atoms with Gasteiger partial charge in [-0.3, -0.25) is 0 Å². The SMILES string of the molecule is Cc1ccc(-c2noc(-c3c(C)nsc3N)n2)c(Br)c1. The van der Waals surface area contributed by atoms with Gasteiger partial charge in [-0.15, -0.1) is 0 Å². The number of rotatable bonds is 2. The monoisotopic (exact) mass is 350 g/mol. The van der Waals surface area contributed by atoms with E-state index in [0.29, 0.717) is 16.7 Å². The summed E-state index contributed by atoms with van der Waals surface area (Å²) in [4.78, 5) is 4.41. The van der Waals surface area contributed by atoms with Gasteiger partial charge in [0.15, 0.2) is 0 Å². The van der Waals surface area contributed by atoms with E-state index in [9.17, 15) is 0 Å². The maximum atomic E-state index is 5.89. The first-order valence-corrected chi connectivity index (χ1v) is 7.45. The Hall–Kier alpha value is -1.73. The molecule has 3 aromatic rings. The molecule has 7 heteroatoms. The van der Waals surface area contributed by atoms with Crippen molar-refractivity contribution in [2.75, 3.05) is 5.73 Å². The number of anilines is 1. The van der Waals surface area contributed by atoms with Gasteiger partial charge in [-0.2, -0.15) is 9.36 Å². The minimum absolute atomic E-state index is 0.399. The van der Waals surface area contributed by atoms with Crippen LogP contribution in [-0.2, 0) is 0 Å². The van der Waals surface area contributed by atoms with E-state index in [4.69, 9.17) is 10.3 Å². The smallest absolute Gasteiger partial charge is 0.263 e. The minimum Gasteiger partial charge on any atom is -0.389 e. The third-order valence-corrected chi connectivity index (χ3v) is 4.32. The molecule has 0 bridgehead atoms. The van der Waals surface area contributed by atoms with E-state index in [-0.39, 0.29) is 0 Å². The Labute approximate surface area is 128 Å². The number of hydrogen-bond donors (Lipinski definition) is 1. The van der Waals surface area contributed by atoms with Gasteiger partial charge in [0, 0.05) is 10.0 Å². The maximum Gasteiger partial charge on any atom is 0.263 e. The molecule has 0 radical (unpaired) electrons. The fourth-order valence-corrected chi connectivity index (χ4v) is 3.21. The third kappa shape index (κ3) is 2.23. The van der Waals surface area contributed by atoms with Crippen LogP contribution in [0.1, 0.15) is 11.3 Å². The van der Waals surface area contributed by atoms with Crippen LogP contribution >= 0.6 is 27.5 Å². The second kappa shape index (κ2) is 4.99. The van der Waals surface area contributed by atoms with E-state index in [1.165, 1.54) is 11.5 Å². The van der Waals surface area contributed by atoms with Crippen LogP contribution in [0.4, 0.5) is 5.00 Å². The molecular weight excluding hydrogens is 340 g/mol. The van der Waals surface area contributed by atoms with Crippen LogP contribution < -0.4 is 5.73 Å². The summed E-state index contributed by atoms with van der Waals surface area (Å²) in [5.41, 5.74) is 9.44. The molecule has 0 fully saturated rings. The molecule has 2 heterocycles. The second-order valence-electron chi connectivity index (χ2n) is 4.41. The molecule has 0 amide bonds. The highest BCUT2D eigenvalue weighted by Crippen LogP contribution is 2.33. The summed E-state index contributed by atoms with van der Waals surface area (Å²) in [5.74, 6) is 0.924. The molecule has 1 aromatic carbocycles. The molecule has 0 aliphatic carbocycles. The Kier molecular flexibility index (Phi) is 3.31. The van der Waals surface area contributed by atoms with Crippen molar-refractivity contribution in [2.24, 2.45) is 0 Å². The maximum absolute atomic E-state index is 5.89. The van der Waals surface area contributed by atoms with Crippen LogP contribution in [0.2, 0.25) is 0 Å². The van der Waals surface area contributed by atoms with E-state index in [2.05, 4.69) is 30.4 Å². The minimum atomic E-state index is 0.399. The summed E-state index contributed by atoms with van der Waals surface area (Å²) in [6.45, 7) is 3.89. The Morgan fingerprint density at radius 2 is 2.10 bits per heavy atom. The van der Waals surface area contributed by atoms with Gasteiger partial charge in [-0.1, -0.05) is 27.2 Å². The molecule has 0 aliphatic heterocycles. The average molecular weight is 351 g/mol. The number of hydrogen-bond acceptors (Lipinski definition) is 6. The lowest BCUT2D eigenvalue weighted by molar-refractivity contribution is 0.432. The zero-order valence-electron chi connectivity index (χ0n) is 10.8. The highest BCUT2D eigenvalue weighted by molar-refractivity contribution is 9.10. The zero-order chi connectivity index (χ0) is 14.3. The van der Waals surface area contributed by atoms with E-state index in [0.717, 1.165) is 26.9 Å². The fourth-order valence-electron chi connectivity index (χ4n) is 1.88. The summed E-state index contributed by atoms with van der Waals surface area (Å²) in [6.07, 6.45) is 0. The van der Waals surface area contributed by atoms with E-state index in [1.54, 1.807) is 0 Å². The number of aryl methyl sites for hydroxylation is 2. The van der Waals surface area contributed by atoms with Crippen molar-refractivity contribution in [1.82, 2.24) is 14.5 Å². The third-order valence-electron chi connectivity index (χ3n) is 2.89. The van der Waals surface area contributed by atoms with E-state index >= 15 is 0 Å². The quantitative estimate of drug-likeness (QED) is 0.759. The Bertz CT molecular complexity index is 761. The van der Waals surface area contributed by atoms with Gasteiger partial charge in [0.25, 0.3) is 5.89 Å². The van der Waals surface area contributed by atoms with Crippen LogP contribution in [0, 0.1) is 13.8 Å². The Morgan fingerprint density at radius 1 is 1.30 bits per heavy atom. The van der Waals surface area contributed by atoms with Gasteiger partial charge in [0.05, 0.1) is 11.3 Å². The Balaban J connectivity index is 2.07. The van der Waals surface area contributed by atoms with Crippen molar-refractivity contribution in [2.45, 2.75) is 13.8 Å². The second-order valence-corrected chi connectivity index (χ2v) is 6.07. The fraction of sp³-hybridized carbons (Fsp3) is 0.154. The van der Waals surface area contributed by atoms with Crippen LogP contribution in [-0.4, -0.2) is 14.5 Å². The van der Waals surface area contributed by atoms with Crippen molar-refractivity contribution >= 4 is 32.5 Å². The van der Waals surface area contributed by atoms with Gasteiger partial charge >= 0.3 is 0 Å². The normalized spacial score (nSPS) is 10.9. The average Bonchev–Trinajstić information content (AvgIpc) is 2.97. The molecule has 5 nitrogen and oxygen atoms in total. The number of nitrogens with zero attached hydrogens (tertiary/aromatic N) is 3. The number of benzene rings is 1. The summed E-state index contributed by atoms with van der Waals surface area (Å²) in [7, 11) is 0. The molecule has 3 rings (SSSR count). The summed E-state index contributed by atoms with van der Waals surface area (Å²) in [6, 6.07) is 5.97. The lowest BCUT2D eigenvalue weighted by Crippen LogP contribution is -1.87. The molecular formula is C13H11BrN4OS. The molecule has 0 spiro atoms. The van der Waals surface area contributed by atoms with Crippen LogP contribution in [0.15, 0.2) is 27.2 Å². The molecule has 102 valence electrons. The zero-order valence-corrected chi connectivity index (χ0v) is 13.2. The standard InChI is InChI=1S/C13H11BrN4OS/c1-6-3-4-8(9(14)5-6)12-16-13(19-17-12)10-7(2)18-20-11(10)15/h3-5H,15H2,1-2H3. The van der Waals surface area contributed by atoms with Gasteiger partial charge in [-0.05, 0) is 43.1 Å². The summed E-state index contributed by atoms with van der Waals surface area (Å²) < 4.78 is 10.4. The first-order valence-electron chi connectivity index (χ1n) is 5.88. The lowest BCUT2D eigenvalue weighted by atomic mass is 10.1. The number of aromatic nitrogens is 3. The topological polar surface area (TPSA) is 77.8 Å². The number of nitrogen functional groups attached to an aromatic ring is 1. The molecule has 0 saturated carbocycles. The van der Waals surface area contributed by atoms with Gasteiger partial charge in [0.1, 0.15) is 5.00 Å². The first kappa shape index (κ1) is 13.3. The van der Waals surface area contributed by atoms with Crippen molar-refractivity contribution in [1.29, 1.82) is 0 Å². The van der Waals surface area contributed by atoms with Crippen LogP contribution in [0.3, 0.4) is 0 Å². The van der Waals surface area contributed by atoms with Gasteiger partial charge in [-0.25, -0.2) is 0 Å². The van der Waals surface area contributed by atoms with Gasteiger partial charge < -0.3 is 10.3 Å². The van der Waals surface area contributed by atoms with Crippen LogP contribution in [0.25, 0.3) is 22.8 Å². The lowest BCUT2D eigenvalue weighted by Gasteiger charge is -1.99. The number of halogens is 1. The molecule has 0 unspecified atom stereocenters. The molecule has 2 N–H and O–H groups in total. The highest BCUT2D eigenvalue weighted by Gasteiger charge is 2.18. The first-order chi connectivity index (χ1) is 9.56. The van der Waals surface area contributed by atoms with E-state index < -0.39 is 0 Å². The van der Waals surface area contributed by atoms with Crippen LogP contribution in [0.5, 0.6) is 0 Å². The molecule has 20 heavy (non-hydrogen) atoms. The van der Waals surface area contributed by atoms with Crippen molar-refractivity contribution in [3.05, 3.63) is 33.9 Å². The molecule has 0 aliphatic rings. The predicted octanol–water partition coefficient (Wildman–Crippen LogP) is 3.82. The van der Waals surface area contributed by atoms with E-state index in [1.807, 2.05) is 32.0 Å². The predicted molar refractivity (Wildman–Crippen MR) is 82.4 cm³/mol. The highest BCUT2D eigenvalue weighted by atomic mass is 79.9. The van der Waals surface area contributed by atoms with Gasteiger partial charge in [0.2, 0.25) is 5.82 Å². The van der Waals surface area contributed by atoms with Crippen molar-refractivity contribution in [3.63, 3.8) is 0 Å². The molecule has 2 aromatic heterocycles. The molecule has 0 atom stereocenters. The summed E-state index contributed by atoms with van der Waals surface area (Å²) in [5, 5.41) is 4.60. The summed E-state index contributed by atoms with van der Waals surface area (Å²) >= 11 is 4.74. The number of nitrogens with two attached hydrogens (primary N) is 1. The Morgan fingerprint density at radius 3 is 2.75 bits per heavy atom. The van der Waals surface area contributed by atoms with Crippen molar-refractivity contribution < 1.29 is 4.52 Å². The van der Waals surface area contributed by atoms with Crippen molar-refractivity contribution in [3.8, 4) is 22.8 Å². The molecule has 0 saturated heterocycles.